The maximum atomic E-state index is 6.49. The lowest BCUT2D eigenvalue weighted by Gasteiger charge is -2.40. The third-order valence-electron chi connectivity index (χ3n) is 5.80. The van der Waals surface area contributed by atoms with E-state index in [2.05, 4.69) is 46.8 Å². The monoisotopic (exact) mass is 522 g/mol. The number of aliphatic imine (C=N–C) groups is 1. The van der Waals surface area contributed by atoms with E-state index >= 15 is 0 Å². The number of ether oxygens (including phenoxy) is 2. The van der Waals surface area contributed by atoms with Gasteiger partial charge in [-0.1, -0.05) is 18.2 Å². The van der Waals surface area contributed by atoms with Crippen molar-refractivity contribution in [1.29, 1.82) is 0 Å². The molecular weight excluding hydrogens is 491 g/mol. The Kier molecular flexibility index (Phi) is 7.80. The van der Waals surface area contributed by atoms with E-state index in [4.69, 9.17) is 14.5 Å². The fourth-order valence-electron chi connectivity index (χ4n) is 4.39. The van der Waals surface area contributed by atoms with E-state index in [1.807, 2.05) is 12.1 Å². The van der Waals surface area contributed by atoms with Crippen molar-refractivity contribution in [1.82, 2.24) is 15.6 Å². The Labute approximate surface area is 195 Å². The Bertz CT molecular complexity index is 868. The van der Waals surface area contributed by atoms with Crippen LogP contribution in [0.4, 0.5) is 0 Å². The normalized spacial score (nSPS) is 19.4. The van der Waals surface area contributed by atoms with Crippen molar-refractivity contribution in [2.75, 3.05) is 13.7 Å². The molecule has 1 aromatic heterocycles. The average molecular weight is 522 g/mol. The lowest BCUT2D eigenvalue weighted by atomic mass is 9.86. The van der Waals surface area contributed by atoms with Gasteiger partial charge in [0, 0.05) is 30.8 Å². The van der Waals surface area contributed by atoms with Gasteiger partial charge in [0.15, 0.2) is 5.96 Å². The number of hydrogen-bond acceptors (Lipinski definition) is 4. The van der Waals surface area contributed by atoms with Crippen molar-refractivity contribution in [2.45, 2.75) is 57.2 Å². The number of hydrogen-bond donors (Lipinski definition) is 2. The number of nitrogens with one attached hydrogen (secondary N) is 2. The smallest absolute Gasteiger partial charge is 0.213 e. The average Bonchev–Trinajstić information content (AvgIpc) is 3.19. The van der Waals surface area contributed by atoms with Gasteiger partial charge in [-0.05, 0) is 50.3 Å². The van der Waals surface area contributed by atoms with Crippen molar-refractivity contribution in [3.8, 4) is 11.6 Å². The molecule has 162 valence electrons. The van der Waals surface area contributed by atoms with Gasteiger partial charge in [0.1, 0.15) is 11.4 Å². The number of aromatic nitrogens is 1. The van der Waals surface area contributed by atoms with Gasteiger partial charge in [-0.15, -0.1) is 24.0 Å². The Balaban J connectivity index is 0.00000256. The van der Waals surface area contributed by atoms with Gasteiger partial charge in [0.25, 0.3) is 0 Å². The molecule has 6 nitrogen and oxygen atoms in total. The summed E-state index contributed by atoms with van der Waals surface area (Å²) in [5.41, 5.74) is 2.23. The largest absolute Gasteiger partial charge is 0.487 e. The number of benzene rings is 1. The molecule has 1 unspecified atom stereocenters. The van der Waals surface area contributed by atoms with Gasteiger partial charge < -0.3 is 20.1 Å². The van der Waals surface area contributed by atoms with Crippen LogP contribution in [0.2, 0.25) is 0 Å². The van der Waals surface area contributed by atoms with E-state index in [0.29, 0.717) is 12.4 Å². The number of para-hydroxylation sites is 1. The van der Waals surface area contributed by atoms with Crippen LogP contribution < -0.4 is 20.1 Å². The summed E-state index contributed by atoms with van der Waals surface area (Å²) in [5.74, 6) is 2.43. The molecule has 1 aliphatic carbocycles. The van der Waals surface area contributed by atoms with Crippen LogP contribution >= 0.6 is 24.0 Å². The highest BCUT2D eigenvalue weighted by Crippen LogP contribution is 2.46. The van der Waals surface area contributed by atoms with Gasteiger partial charge in [-0.25, -0.2) is 9.98 Å². The molecule has 1 aromatic carbocycles. The summed E-state index contributed by atoms with van der Waals surface area (Å²) in [6, 6.07) is 12.5. The van der Waals surface area contributed by atoms with Gasteiger partial charge in [0.05, 0.1) is 19.7 Å². The predicted molar refractivity (Wildman–Crippen MR) is 130 cm³/mol. The fourth-order valence-corrected chi connectivity index (χ4v) is 4.39. The third-order valence-corrected chi connectivity index (χ3v) is 5.80. The minimum Gasteiger partial charge on any atom is -0.487 e. The summed E-state index contributed by atoms with van der Waals surface area (Å²) < 4.78 is 11.7. The van der Waals surface area contributed by atoms with Crippen molar-refractivity contribution in [2.24, 2.45) is 4.99 Å². The second-order valence-electron chi connectivity index (χ2n) is 7.83. The Morgan fingerprint density at radius 2 is 2.07 bits per heavy atom. The minimum absolute atomic E-state index is 0. The van der Waals surface area contributed by atoms with Crippen molar-refractivity contribution in [3.63, 3.8) is 0 Å². The van der Waals surface area contributed by atoms with E-state index in [9.17, 15) is 0 Å². The van der Waals surface area contributed by atoms with Crippen LogP contribution in [0, 0.1) is 0 Å². The van der Waals surface area contributed by atoms with Gasteiger partial charge in [0.2, 0.25) is 5.88 Å². The Hall–Kier alpha value is -2.03. The zero-order valence-corrected chi connectivity index (χ0v) is 20.0. The van der Waals surface area contributed by atoms with E-state index in [-0.39, 0.29) is 35.6 Å². The molecule has 2 N–H and O–H groups in total. The van der Waals surface area contributed by atoms with Crippen LogP contribution in [0.25, 0.3) is 0 Å². The number of methoxy groups -OCH3 is 1. The predicted octanol–water partition coefficient (Wildman–Crippen LogP) is 4.60. The molecule has 1 aliphatic heterocycles. The maximum absolute atomic E-state index is 6.49. The van der Waals surface area contributed by atoms with E-state index in [0.717, 1.165) is 43.1 Å². The highest BCUT2D eigenvalue weighted by atomic mass is 127. The quantitative estimate of drug-likeness (QED) is 0.342. The second kappa shape index (κ2) is 10.3. The number of rotatable bonds is 5. The van der Waals surface area contributed by atoms with Gasteiger partial charge >= 0.3 is 0 Å². The highest BCUT2D eigenvalue weighted by molar-refractivity contribution is 14.0. The molecule has 4 rings (SSSR count). The molecule has 2 aliphatic rings. The molecule has 30 heavy (non-hydrogen) atoms. The van der Waals surface area contributed by atoms with Crippen LogP contribution in [-0.2, 0) is 6.54 Å². The summed E-state index contributed by atoms with van der Waals surface area (Å²) in [7, 11) is 1.63. The molecule has 0 bridgehead atoms. The maximum Gasteiger partial charge on any atom is 0.213 e. The first-order chi connectivity index (χ1) is 14.2. The fraction of sp³-hybridized carbons (Fsp3) is 0.478. The van der Waals surface area contributed by atoms with E-state index in [1.165, 1.54) is 18.4 Å². The SMILES string of the molecule is CCNC(=NCc1ccnc(OC)c1)NC1CC2(CCCC2)Oc2ccccc21.I. The molecule has 2 aromatic rings. The van der Waals surface area contributed by atoms with Crippen LogP contribution in [-0.4, -0.2) is 30.2 Å². The molecule has 1 fully saturated rings. The van der Waals surface area contributed by atoms with Crippen LogP contribution in [0.1, 0.15) is 56.2 Å². The minimum atomic E-state index is -0.0399. The van der Waals surface area contributed by atoms with Gasteiger partial charge in [-0.3, -0.25) is 0 Å². The number of pyridine rings is 1. The molecule has 0 amide bonds. The number of guanidine groups is 1. The summed E-state index contributed by atoms with van der Waals surface area (Å²) in [6.07, 6.45) is 7.47. The molecule has 2 heterocycles. The van der Waals surface area contributed by atoms with E-state index < -0.39 is 0 Å². The van der Waals surface area contributed by atoms with Crippen molar-refractivity contribution < 1.29 is 9.47 Å². The summed E-state index contributed by atoms with van der Waals surface area (Å²) in [6.45, 7) is 3.45. The molecule has 1 saturated carbocycles. The topological polar surface area (TPSA) is 67.8 Å². The Morgan fingerprint density at radius 3 is 2.83 bits per heavy atom. The molecular formula is C23H31IN4O2. The zero-order chi connectivity index (χ0) is 20.1. The first-order valence-electron chi connectivity index (χ1n) is 10.5. The van der Waals surface area contributed by atoms with Crippen LogP contribution in [0.3, 0.4) is 0 Å². The molecule has 0 saturated heterocycles. The third kappa shape index (κ3) is 5.17. The molecule has 0 radical (unpaired) electrons. The first kappa shape index (κ1) is 22.7. The Morgan fingerprint density at radius 1 is 1.27 bits per heavy atom. The number of nitrogens with zero attached hydrogens (tertiary/aromatic N) is 2. The standard InChI is InChI=1S/C23H30N4O2.HI/c1-3-24-22(26-16-17-10-13-25-21(14-17)28-2)27-19-15-23(11-6-7-12-23)29-20-9-5-4-8-18(19)20;/h4-5,8-10,13-14,19H,3,6-7,11-12,15-16H2,1-2H3,(H2,24,26,27);1H. The molecule has 1 spiro atoms. The van der Waals surface area contributed by atoms with Gasteiger partial charge in [-0.2, -0.15) is 0 Å². The lowest BCUT2D eigenvalue weighted by molar-refractivity contribution is 0.0396. The number of halogens is 1. The van der Waals surface area contributed by atoms with Crippen LogP contribution in [0.5, 0.6) is 11.6 Å². The van der Waals surface area contributed by atoms with E-state index in [1.54, 1.807) is 13.3 Å². The first-order valence-corrected chi connectivity index (χ1v) is 10.5. The summed E-state index contributed by atoms with van der Waals surface area (Å²) in [4.78, 5) is 8.98. The van der Waals surface area contributed by atoms with Crippen LogP contribution in [0.15, 0.2) is 47.6 Å². The number of fused-ring (bicyclic) bond motifs is 1. The zero-order valence-electron chi connectivity index (χ0n) is 17.7. The van der Waals surface area contributed by atoms with Crippen molar-refractivity contribution in [3.05, 3.63) is 53.7 Å². The molecule has 7 heteroatoms. The summed E-state index contributed by atoms with van der Waals surface area (Å²) in [5, 5.41) is 7.06. The highest BCUT2D eigenvalue weighted by Gasteiger charge is 2.43. The molecule has 1 atom stereocenters. The lowest BCUT2D eigenvalue weighted by Crippen LogP contribution is -2.46. The van der Waals surface area contributed by atoms with Crippen molar-refractivity contribution >= 4 is 29.9 Å². The second-order valence-corrected chi connectivity index (χ2v) is 7.83. The summed E-state index contributed by atoms with van der Waals surface area (Å²) >= 11 is 0.